The van der Waals surface area contributed by atoms with Gasteiger partial charge in [-0.05, 0) is 43.7 Å². The predicted molar refractivity (Wildman–Crippen MR) is 117 cm³/mol. The molecule has 2 aromatic carbocycles. The van der Waals surface area contributed by atoms with Gasteiger partial charge in [0.15, 0.2) is 0 Å². The van der Waals surface area contributed by atoms with E-state index >= 15 is 0 Å². The molecular weight excluding hydrogens is 404 g/mol. The molecule has 0 radical (unpaired) electrons. The van der Waals surface area contributed by atoms with E-state index in [0.717, 1.165) is 11.3 Å². The van der Waals surface area contributed by atoms with Gasteiger partial charge in [-0.1, -0.05) is 35.9 Å². The number of likely N-dealkylation sites (tertiary alicyclic amines) is 1. The molecular formula is C22H25ClN4O3. The summed E-state index contributed by atoms with van der Waals surface area (Å²) in [6, 6.07) is 13.6. The summed E-state index contributed by atoms with van der Waals surface area (Å²) in [5, 5.41) is 16.3. The molecule has 7 nitrogen and oxygen atoms in total. The van der Waals surface area contributed by atoms with Crippen molar-refractivity contribution in [3.05, 3.63) is 59.1 Å². The number of amides is 4. The minimum absolute atomic E-state index is 0.0145. The molecule has 1 fully saturated rings. The van der Waals surface area contributed by atoms with E-state index in [1.165, 1.54) is 0 Å². The fourth-order valence-electron chi connectivity index (χ4n) is 4.44. The minimum atomic E-state index is -0.312. The van der Waals surface area contributed by atoms with E-state index in [-0.39, 0.29) is 42.7 Å². The highest BCUT2D eigenvalue weighted by atomic mass is 35.5. The second-order valence-corrected chi connectivity index (χ2v) is 8.40. The second-order valence-electron chi connectivity index (χ2n) is 7.96. The molecule has 158 valence electrons. The van der Waals surface area contributed by atoms with Crippen LogP contribution in [-0.2, 0) is 0 Å². The third-order valence-electron chi connectivity index (χ3n) is 5.65. The van der Waals surface area contributed by atoms with Crippen molar-refractivity contribution in [2.45, 2.75) is 37.9 Å². The molecule has 3 atom stereocenters. The molecule has 0 spiro atoms. The molecule has 2 aromatic rings. The molecule has 1 saturated heterocycles. The minimum Gasteiger partial charge on any atom is -0.394 e. The lowest BCUT2D eigenvalue weighted by atomic mass is 9.72. The van der Waals surface area contributed by atoms with E-state index in [4.69, 9.17) is 11.6 Å². The lowest BCUT2D eigenvalue weighted by molar-refractivity contribution is -0.00739. The number of fused-ring (bicyclic) bond motifs is 3. The molecule has 8 heteroatoms. The van der Waals surface area contributed by atoms with Crippen LogP contribution >= 0.6 is 11.6 Å². The quantitative estimate of drug-likeness (QED) is 0.697. The van der Waals surface area contributed by atoms with Crippen molar-refractivity contribution in [3.8, 4) is 0 Å². The Labute approximate surface area is 180 Å². The number of carbonyl (C=O) groups excluding carboxylic acids is 2. The highest BCUT2D eigenvalue weighted by molar-refractivity contribution is 6.30. The molecule has 0 unspecified atom stereocenters. The fourth-order valence-corrected chi connectivity index (χ4v) is 4.63. The number of hydrogen-bond acceptors (Lipinski definition) is 3. The average molecular weight is 429 g/mol. The summed E-state index contributed by atoms with van der Waals surface area (Å²) in [4.78, 5) is 29.2. The fraction of sp³-hybridized carbons (Fsp3) is 0.364. The molecule has 0 aliphatic carbocycles. The number of benzene rings is 2. The molecule has 3 N–H and O–H groups in total. The number of halogens is 1. The molecule has 2 aliphatic heterocycles. The number of anilines is 2. The first-order chi connectivity index (χ1) is 14.4. The lowest BCUT2D eigenvalue weighted by Crippen LogP contribution is -2.72. The first-order valence-electron chi connectivity index (χ1n) is 10.0. The number of aliphatic hydroxyl groups is 1. The Balaban J connectivity index is 1.63. The van der Waals surface area contributed by atoms with Gasteiger partial charge in [-0.2, -0.15) is 0 Å². The zero-order valence-electron chi connectivity index (χ0n) is 16.9. The van der Waals surface area contributed by atoms with Crippen molar-refractivity contribution < 1.29 is 14.7 Å². The normalized spacial score (nSPS) is 22.1. The van der Waals surface area contributed by atoms with Crippen molar-refractivity contribution >= 4 is 35.0 Å². The van der Waals surface area contributed by atoms with Gasteiger partial charge >= 0.3 is 12.1 Å². The van der Waals surface area contributed by atoms with Crippen LogP contribution in [0.3, 0.4) is 0 Å². The zero-order valence-corrected chi connectivity index (χ0v) is 17.6. The van der Waals surface area contributed by atoms with Crippen LogP contribution in [0.2, 0.25) is 5.02 Å². The Morgan fingerprint density at radius 3 is 2.63 bits per heavy atom. The third kappa shape index (κ3) is 3.59. The van der Waals surface area contributed by atoms with Gasteiger partial charge in [-0.25, -0.2) is 9.59 Å². The van der Waals surface area contributed by atoms with Crippen molar-refractivity contribution in [1.82, 2.24) is 10.2 Å². The van der Waals surface area contributed by atoms with Gasteiger partial charge in [0.05, 0.1) is 18.7 Å². The number of nitrogens with one attached hydrogen (secondary N) is 2. The van der Waals surface area contributed by atoms with E-state index in [0.29, 0.717) is 17.3 Å². The average Bonchev–Trinajstić information content (AvgIpc) is 2.67. The lowest BCUT2D eigenvalue weighted by Gasteiger charge is -2.58. The number of rotatable bonds is 3. The predicted octanol–water partition coefficient (Wildman–Crippen LogP) is 3.64. The number of nitrogens with zero attached hydrogens (tertiary/aromatic N) is 2. The monoisotopic (exact) mass is 428 g/mol. The van der Waals surface area contributed by atoms with Crippen LogP contribution in [0.1, 0.15) is 25.3 Å². The Bertz CT molecular complexity index is 967. The van der Waals surface area contributed by atoms with E-state index in [1.807, 2.05) is 38.1 Å². The first-order valence-corrected chi connectivity index (χ1v) is 10.4. The van der Waals surface area contributed by atoms with Crippen molar-refractivity contribution in [3.63, 3.8) is 0 Å². The summed E-state index contributed by atoms with van der Waals surface area (Å²) < 4.78 is 0. The smallest absolute Gasteiger partial charge is 0.326 e. The Morgan fingerprint density at radius 2 is 1.93 bits per heavy atom. The Hall–Kier alpha value is -2.77. The summed E-state index contributed by atoms with van der Waals surface area (Å²) in [5.74, 6) is -0.0145. The van der Waals surface area contributed by atoms with Crippen LogP contribution in [0.4, 0.5) is 21.0 Å². The SMILES string of the molecule is CC(C)NC(=O)N1[C@H](CO)[C@@H]2c3ccccc3N(C(=O)Nc3cccc(Cl)c3)C[C@@H]21. The number of para-hydroxylation sites is 1. The summed E-state index contributed by atoms with van der Waals surface area (Å²) >= 11 is 6.03. The van der Waals surface area contributed by atoms with Crippen LogP contribution in [0, 0.1) is 0 Å². The largest absolute Gasteiger partial charge is 0.394 e. The van der Waals surface area contributed by atoms with Gasteiger partial charge in [0.1, 0.15) is 0 Å². The van der Waals surface area contributed by atoms with Crippen LogP contribution < -0.4 is 15.5 Å². The van der Waals surface area contributed by atoms with E-state index < -0.39 is 0 Å². The molecule has 2 aliphatic rings. The zero-order chi connectivity index (χ0) is 21.4. The summed E-state index contributed by atoms with van der Waals surface area (Å²) in [7, 11) is 0. The highest BCUT2D eigenvalue weighted by Crippen LogP contribution is 2.48. The van der Waals surface area contributed by atoms with Crippen molar-refractivity contribution in [2.24, 2.45) is 0 Å². The number of hydrogen-bond donors (Lipinski definition) is 3. The maximum absolute atomic E-state index is 13.1. The molecule has 2 heterocycles. The first kappa shape index (κ1) is 20.5. The molecule has 0 aromatic heterocycles. The van der Waals surface area contributed by atoms with Gasteiger partial charge in [0, 0.05) is 34.9 Å². The van der Waals surface area contributed by atoms with Gasteiger partial charge < -0.3 is 20.6 Å². The van der Waals surface area contributed by atoms with Crippen LogP contribution in [-0.4, -0.2) is 53.3 Å². The summed E-state index contributed by atoms with van der Waals surface area (Å²) in [5.41, 5.74) is 2.35. The van der Waals surface area contributed by atoms with Crippen LogP contribution in [0.25, 0.3) is 0 Å². The van der Waals surface area contributed by atoms with E-state index in [1.54, 1.807) is 34.1 Å². The highest BCUT2D eigenvalue weighted by Gasteiger charge is 2.55. The summed E-state index contributed by atoms with van der Waals surface area (Å²) in [6.07, 6.45) is 0. The Kier molecular flexibility index (Phi) is 5.58. The number of carbonyl (C=O) groups is 2. The maximum Gasteiger partial charge on any atom is 0.326 e. The van der Waals surface area contributed by atoms with Gasteiger partial charge in [0.2, 0.25) is 0 Å². The molecule has 0 saturated carbocycles. The molecule has 4 rings (SSSR count). The van der Waals surface area contributed by atoms with E-state index in [2.05, 4.69) is 10.6 Å². The van der Waals surface area contributed by atoms with Crippen LogP contribution in [0.5, 0.6) is 0 Å². The Morgan fingerprint density at radius 1 is 1.17 bits per heavy atom. The van der Waals surface area contributed by atoms with Crippen molar-refractivity contribution in [2.75, 3.05) is 23.4 Å². The van der Waals surface area contributed by atoms with E-state index in [9.17, 15) is 14.7 Å². The van der Waals surface area contributed by atoms with Gasteiger partial charge in [-0.3, -0.25) is 4.90 Å². The molecule has 4 amide bonds. The standard InChI is InChI=1S/C22H25ClN4O3/c1-13(2)24-22(30)27-18-11-26(21(29)25-15-7-5-6-14(23)10-15)17-9-4-3-8-16(17)20(18)19(27)12-28/h3-10,13,18-20,28H,11-12H2,1-2H3,(H,24,30)(H,25,29)/t18-,19+,20+/m0/s1. The third-order valence-corrected chi connectivity index (χ3v) is 5.89. The molecule has 30 heavy (non-hydrogen) atoms. The summed E-state index contributed by atoms with van der Waals surface area (Å²) in [6.45, 7) is 4.00. The maximum atomic E-state index is 13.1. The number of urea groups is 2. The topological polar surface area (TPSA) is 84.9 Å². The molecule has 0 bridgehead atoms. The second kappa shape index (κ2) is 8.16. The van der Waals surface area contributed by atoms with Gasteiger partial charge in [0.25, 0.3) is 0 Å². The van der Waals surface area contributed by atoms with Crippen molar-refractivity contribution in [1.29, 1.82) is 0 Å². The van der Waals surface area contributed by atoms with Crippen LogP contribution in [0.15, 0.2) is 48.5 Å². The number of aliphatic hydroxyl groups excluding tert-OH is 1. The van der Waals surface area contributed by atoms with Gasteiger partial charge in [-0.15, -0.1) is 0 Å².